The molecule has 0 saturated heterocycles. The zero-order chi connectivity index (χ0) is 13.8. The van der Waals surface area contributed by atoms with Gasteiger partial charge in [0.05, 0.1) is 16.7 Å². The number of hydrogen-bond acceptors (Lipinski definition) is 2. The first-order valence-corrected chi connectivity index (χ1v) is 7.65. The van der Waals surface area contributed by atoms with Crippen molar-refractivity contribution in [2.75, 3.05) is 11.2 Å². The van der Waals surface area contributed by atoms with Crippen molar-refractivity contribution in [2.45, 2.75) is 25.7 Å². The quantitative estimate of drug-likeness (QED) is 0.918. The summed E-state index contributed by atoms with van der Waals surface area (Å²) in [5, 5.41) is 3.21. The maximum Gasteiger partial charge on any atom is 0.0958 e. The van der Waals surface area contributed by atoms with Gasteiger partial charge in [-0.3, -0.25) is 4.21 Å². The normalized spacial score (nSPS) is 12.2. The number of nitrogens with one attached hydrogen (secondary N) is 1. The lowest BCUT2D eigenvalue weighted by molar-refractivity contribution is 0.683. The first kappa shape index (κ1) is 13.8. The van der Waals surface area contributed by atoms with E-state index in [0.29, 0.717) is 5.88 Å². The molecule has 0 fully saturated rings. The minimum Gasteiger partial charge on any atom is -0.373 e. The van der Waals surface area contributed by atoms with Crippen LogP contribution >= 0.6 is 0 Å². The van der Waals surface area contributed by atoms with Crippen LogP contribution in [-0.2, 0) is 10.8 Å². The van der Waals surface area contributed by atoms with Gasteiger partial charge in [0.25, 0.3) is 0 Å². The van der Waals surface area contributed by atoms with Gasteiger partial charge in [-0.1, -0.05) is 35.9 Å². The first-order valence-electron chi connectivity index (χ1n) is 6.33. The zero-order valence-electron chi connectivity index (χ0n) is 11.6. The van der Waals surface area contributed by atoms with Crippen LogP contribution in [0.2, 0.25) is 0 Å². The number of benzene rings is 2. The molecule has 0 aliphatic rings. The third-order valence-electron chi connectivity index (χ3n) is 3.01. The molecule has 2 aromatic carbocycles. The Morgan fingerprint density at radius 1 is 1.00 bits per heavy atom. The molecule has 0 spiro atoms. The van der Waals surface area contributed by atoms with Gasteiger partial charge in [-0.05, 0) is 44.0 Å². The predicted molar refractivity (Wildman–Crippen MR) is 82.0 cm³/mol. The fourth-order valence-corrected chi connectivity index (χ4v) is 3.58. The third-order valence-corrected chi connectivity index (χ3v) is 4.52. The minimum atomic E-state index is -1.03. The molecule has 0 amide bonds. The number of para-hydroxylation sites is 1. The average molecular weight is 273 g/mol. The van der Waals surface area contributed by atoms with Crippen LogP contribution < -0.4 is 5.32 Å². The van der Waals surface area contributed by atoms with Crippen molar-refractivity contribution in [3.05, 3.63) is 59.2 Å². The van der Waals surface area contributed by atoms with E-state index in [9.17, 15) is 4.21 Å². The van der Waals surface area contributed by atoms with Gasteiger partial charge in [0, 0.05) is 10.6 Å². The second-order valence-electron chi connectivity index (χ2n) is 4.76. The summed E-state index contributed by atoms with van der Waals surface area (Å²) in [5.74, 6) is 0.439. The Bertz CT molecular complexity index is 570. The van der Waals surface area contributed by atoms with Crippen LogP contribution in [0, 0.1) is 20.8 Å². The molecule has 2 nitrogen and oxygen atoms in total. The fraction of sp³-hybridized carbons (Fsp3) is 0.250. The minimum absolute atomic E-state index is 0.439. The van der Waals surface area contributed by atoms with Crippen LogP contribution in [0.4, 0.5) is 5.69 Å². The van der Waals surface area contributed by atoms with Crippen molar-refractivity contribution in [1.82, 2.24) is 0 Å². The Labute approximate surface area is 117 Å². The molecule has 0 aliphatic heterocycles. The topological polar surface area (TPSA) is 29.1 Å². The van der Waals surface area contributed by atoms with E-state index >= 15 is 0 Å². The van der Waals surface area contributed by atoms with Gasteiger partial charge in [-0.25, -0.2) is 0 Å². The van der Waals surface area contributed by atoms with E-state index in [2.05, 4.69) is 24.4 Å². The van der Waals surface area contributed by atoms with E-state index in [-0.39, 0.29) is 0 Å². The highest BCUT2D eigenvalue weighted by molar-refractivity contribution is 7.85. The van der Waals surface area contributed by atoms with E-state index in [1.165, 1.54) is 5.56 Å². The third kappa shape index (κ3) is 3.44. The van der Waals surface area contributed by atoms with Gasteiger partial charge in [0.15, 0.2) is 0 Å². The molecule has 1 N–H and O–H groups in total. The molecule has 100 valence electrons. The monoisotopic (exact) mass is 273 g/mol. The van der Waals surface area contributed by atoms with E-state index in [4.69, 9.17) is 0 Å². The van der Waals surface area contributed by atoms with Crippen molar-refractivity contribution in [3.8, 4) is 0 Å². The summed E-state index contributed by atoms with van der Waals surface area (Å²) in [7, 11) is -1.03. The van der Waals surface area contributed by atoms with Gasteiger partial charge >= 0.3 is 0 Å². The van der Waals surface area contributed by atoms with Gasteiger partial charge < -0.3 is 5.32 Å². The van der Waals surface area contributed by atoms with Crippen molar-refractivity contribution in [3.63, 3.8) is 0 Å². The van der Waals surface area contributed by atoms with Crippen LogP contribution in [0.5, 0.6) is 0 Å². The summed E-state index contributed by atoms with van der Waals surface area (Å²) >= 11 is 0. The maximum atomic E-state index is 12.4. The maximum absolute atomic E-state index is 12.4. The number of aryl methyl sites for hydroxylation is 3. The molecule has 1 atom stereocenters. The van der Waals surface area contributed by atoms with Crippen LogP contribution in [0.1, 0.15) is 16.7 Å². The molecule has 3 heteroatoms. The SMILES string of the molecule is Cc1cc(C)c(S(=O)CNc2ccccc2)c(C)c1. The predicted octanol–water partition coefficient (Wildman–Crippen LogP) is 3.79. The lowest BCUT2D eigenvalue weighted by Crippen LogP contribution is -2.10. The summed E-state index contributed by atoms with van der Waals surface area (Å²) in [6.45, 7) is 6.11. The second kappa shape index (κ2) is 6.02. The van der Waals surface area contributed by atoms with Gasteiger partial charge in [-0.15, -0.1) is 0 Å². The molecule has 2 rings (SSSR count). The second-order valence-corrected chi connectivity index (χ2v) is 6.15. The molecule has 1 unspecified atom stereocenters. The molecule has 0 aliphatic carbocycles. The molecule has 0 saturated carbocycles. The molecular weight excluding hydrogens is 254 g/mol. The number of anilines is 1. The summed E-state index contributed by atoms with van der Waals surface area (Å²) < 4.78 is 12.4. The van der Waals surface area contributed by atoms with Crippen LogP contribution in [0.25, 0.3) is 0 Å². The molecular formula is C16H19NOS. The van der Waals surface area contributed by atoms with E-state index < -0.39 is 10.8 Å². The Balaban J connectivity index is 2.13. The summed E-state index contributed by atoms with van der Waals surface area (Å²) in [6, 6.07) is 14.0. The smallest absolute Gasteiger partial charge is 0.0958 e. The van der Waals surface area contributed by atoms with E-state index in [1.807, 2.05) is 44.2 Å². The van der Waals surface area contributed by atoms with Crippen molar-refractivity contribution < 1.29 is 4.21 Å². The summed E-state index contributed by atoms with van der Waals surface area (Å²) in [5.41, 5.74) is 4.42. The van der Waals surface area contributed by atoms with Crippen molar-refractivity contribution in [1.29, 1.82) is 0 Å². The molecule has 19 heavy (non-hydrogen) atoms. The van der Waals surface area contributed by atoms with Crippen molar-refractivity contribution >= 4 is 16.5 Å². The lowest BCUT2D eigenvalue weighted by Gasteiger charge is -2.12. The number of rotatable bonds is 4. The Kier molecular flexibility index (Phi) is 4.38. The molecule has 0 heterocycles. The van der Waals surface area contributed by atoms with Crippen molar-refractivity contribution in [2.24, 2.45) is 0 Å². The van der Waals surface area contributed by atoms with E-state index in [1.54, 1.807) is 0 Å². The number of hydrogen-bond donors (Lipinski definition) is 1. The molecule has 0 radical (unpaired) electrons. The molecule has 2 aromatic rings. The summed E-state index contributed by atoms with van der Waals surface area (Å²) in [6.07, 6.45) is 0. The lowest BCUT2D eigenvalue weighted by atomic mass is 10.1. The molecule has 0 bridgehead atoms. The first-order chi connectivity index (χ1) is 9.08. The average Bonchev–Trinajstić information content (AvgIpc) is 2.36. The Morgan fingerprint density at radius 3 is 2.16 bits per heavy atom. The fourth-order valence-electron chi connectivity index (χ4n) is 2.30. The largest absolute Gasteiger partial charge is 0.373 e. The van der Waals surface area contributed by atoms with Gasteiger partial charge in [-0.2, -0.15) is 0 Å². The van der Waals surface area contributed by atoms with Crippen LogP contribution in [-0.4, -0.2) is 10.1 Å². The highest BCUT2D eigenvalue weighted by atomic mass is 32.2. The van der Waals surface area contributed by atoms with E-state index in [0.717, 1.165) is 21.7 Å². The summed E-state index contributed by atoms with van der Waals surface area (Å²) in [4.78, 5) is 0.953. The van der Waals surface area contributed by atoms with Crippen LogP contribution in [0.3, 0.4) is 0 Å². The van der Waals surface area contributed by atoms with Gasteiger partial charge in [0.1, 0.15) is 0 Å². The van der Waals surface area contributed by atoms with Gasteiger partial charge in [0.2, 0.25) is 0 Å². The Morgan fingerprint density at radius 2 is 1.58 bits per heavy atom. The highest BCUT2D eigenvalue weighted by Crippen LogP contribution is 2.20. The Hall–Kier alpha value is -1.61. The van der Waals surface area contributed by atoms with Crippen LogP contribution in [0.15, 0.2) is 47.4 Å². The standard InChI is InChI=1S/C16H19NOS/c1-12-9-13(2)16(14(3)10-12)19(18)11-17-15-7-5-4-6-8-15/h4-10,17H,11H2,1-3H3. The zero-order valence-corrected chi connectivity index (χ0v) is 12.4. The highest BCUT2D eigenvalue weighted by Gasteiger charge is 2.11. The molecule has 0 aromatic heterocycles.